The van der Waals surface area contributed by atoms with Crippen molar-refractivity contribution in [2.24, 2.45) is 5.92 Å². The Hall–Kier alpha value is -3.09. The van der Waals surface area contributed by atoms with Crippen LogP contribution in [0.15, 0.2) is 43.0 Å². The number of hydrogen-bond donors (Lipinski definition) is 2. The fourth-order valence-corrected chi connectivity index (χ4v) is 3.97. The van der Waals surface area contributed by atoms with Gasteiger partial charge >= 0.3 is 0 Å². The van der Waals surface area contributed by atoms with Crippen LogP contribution in [0.5, 0.6) is 0 Å². The molecule has 0 bridgehead atoms. The van der Waals surface area contributed by atoms with Gasteiger partial charge in [-0.05, 0) is 42.2 Å². The van der Waals surface area contributed by atoms with E-state index in [0.29, 0.717) is 19.5 Å². The molecule has 1 aliphatic heterocycles. The lowest BCUT2D eigenvalue weighted by Crippen LogP contribution is -2.62. The molecule has 4 heterocycles. The zero-order valence-corrected chi connectivity index (χ0v) is 17.1. The zero-order chi connectivity index (χ0) is 20.5. The highest BCUT2D eigenvalue weighted by Crippen LogP contribution is 2.22. The molecule has 2 N–H and O–H groups in total. The smallest absolute Gasteiger partial charge is 0.243 e. The number of amides is 2. The zero-order valence-electron chi connectivity index (χ0n) is 17.1. The SMILES string of the molecule is Cc1ccn(C(C(=O)NC2CN(C(=O)Cc3c[nH]c4ncccc34)C2)C(C)C)c1. The molecule has 3 aromatic heterocycles. The van der Waals surface area contributed by atoms with Crippen molar-refractivity contribution in [2.75, 3.05) is 13.1 Å². The quantitative estimate of drug-likeness (QED) is 0.675. The first-order valence-electron chi connectivity index (χ1n) is 10.1. The second-order valence-electron chi connectivity index (χ2n) is 8.22. The molecule has 1 saturated heterocycles. The minimum Gasteiger partial charge on any atom is -0.348 e. The predicted molar refractivity (Wildman–Crippen MR) is 111 cm³/mol. The van der Waals surface area contributed by atoms with Gasteiger partial charge in [-0.25, -0.2) is 4.98 Å². The third kappa shape index (κ3) is 3.90. The maximum absolute atomic E-state index is 12.8. The van der Waals surface area contributed by atoms with Gasteiger partial charge in [0.15, 0.2) is 0 Å². The summed E-state index contributed by atoms with van der Waals surface area (Å²) in [5.74, 6) is 0.257. The average molecular weight is 393 g/mol. The number of hydrogen-bond acceptors (Lipinski definition) is 3. The summed E-state index contributed by atoms with van der Waals surface area (Å²) in [5, 5.41) is 4.09. The molecule has 0 saturated carbocycles. The molecule has 0 spiro atoms. The predicted octanol–water partition coefficient (Wildman–Crippen LogP) is 2.44. The number of likely N-dealkylation sites (tertiary alicyclic amines) is 1. The summed E-state index contributed by atoms with van der Waals surface area (Å²) in [6, 6.07) is 5.61. The van der Waals surface area contributed by atoms with Gasteiger partial charge in [-0.1, -0.05) is 13.8 Å². The molecule has 0 aliphatic carbocycles. The lowest BCUT2D eigenvalue weighted by Gasteiger charge is -2.40. The molecule has 0 aromatic carbocycles. The molecule has 7 heteroatoms. The van der Waals surface area contributed by atoms with Crippen molar-refractivity contribution in [3.05, 3.63) is 54.1 Å². The Morgan fingerprint density at radius 1 is 1.31 bits per heavy atom. The van der Waals surface area contributed by atoms with Gasteiger partial charge in [-0.2, -0.15) is 0 Å². The van der Waals surface area contributed by atoms with Crippen molar-refractivity contribution in [1.29, 1.82) is 0 Å². The van der Waals surface area contributed by atoms with Gasteiger partial charge in [0.1, 0.15) is 11.7 Å². The van der Waals surface area contributed by atoms with E-state index in [1.807, 2.05) is 62.1 Å². The van der Waals surface area contributed by atoms with Crippen molar-refractivity contribution >= 4 is 22.8 Å². The van der Waals surface area contributed by atoms with Gasteiger partial charge in [-0.15, -0.1) is 0 Å². The lowest BCUT2D eigenvalue weighted by atomic mass is 10.0. The molecule has 0 radical (unpaired) electrons. The number of aromatic amines is 1. The molecule has 1 unspecified atom stereocenters. The van der Waals surface area contributed by atoms with Gasteiger partial charge in [0, 0.05) is 43.3 Å². The van der Waals surface area contributed by atoms with Crippen LogP contribution in [-0.2, 0) is 16.0 Å². The van der Waals surface area contributed by atoms with Crippen LogP contribution in [0.2, 0.25) is 0 Å². The van der Waals surface area contributed by atoms with E-state index >= 15 is 0 Å². The molecular weight excluding hydrogens is 366 g/mol. The van der Waals surface area contributed by atoms with Crippen molar-refractivity contribution in [2.45, 2.75) is 39.3 Å². The van der Waals surface area contributed by atoms with Gasteiger partial charge in [0.25, 0.3) is 0 Å². The van der Waals surface area contributed by atoms with E-state index in [0.717, 1.165) is 22.2 Å². The third-order valence-electron chi connectivity index (χ3n) is 5.54. The summed E-state index contributed by atoms with van der Waals surface area (Å²) in [6.07, 6.45) is 7.86. The number of nitrogens with zero attached hydrogens (tertiary/aromatic N) is 3. The normalized spacial score (nSPS) is 15.5. The minimum atomic E-state index is -0.243. The Morgan fingerprint density at radius 3 is 2.79 bits per heavy atom. The Morgan fingerprint density at radius 2 is 2.10 bits per heavy atom. The standard InChI is InChI=1S/C22H27N5O2/c1-14(2)20(26-8-6-15(3)11-26)22(29)25-17-12-27(13-17)19(28)9-16-10-24-21-18(16)5-4-7-23-21/h4-8,10-11,14,17,20H,9,12-13H2,1-3H3,(H,23,24)(H,25,29). The Labute approximate surface area is 170 Å². The minimum absolute atomic E-state index is 0.00833. The molecule has 2 amide bonds. The first kappa shape index (κ1) is 19.2. The van der Waals surface area contributed by atoms with Crippen LogP contribution in [0.1, 0.15) is 31.0 Å². The largest absolute Gasteiger partial charge is 0.348 e. The number of H-pyrrole nitrogens is 1. The van der Waals surface area contributed by atoms with Crippen molar-refractivity contribution < 1.29 is 9.59 Å². The Balaban J connectivity index is 1.32. The number of aryl methyl sites for hydroxylation is 1. The molecule has 1 fully saturated rings. The molecule has 7 nitrogen and oxygen atoms in total. The van der Waals surface area contributed by atoms with E-state index in [1.54, 1.807) is 11.1 Å². The molecule has 3 aromatic rings. The Bertz CT molecular complexity index is 1030. The van der Waals surface area contributed by atoms with Crippen LogP contribution in [0.25, 0.3) is 11.0 Å². The number of carbonyl (C=O) groups excluding carboxylic acids is 2. The lowest BCUT2D eigenvalue weighted by molar-refractivity contribution is -0.138. The van der Waals surface area contributed by atoms with E-state index in [9.17, 15) is 9.59 Å². The van der Waals surface area contributed by atoms with Crippen LogP contribution >= 0.6 is 0 Å². The van der Waals surface area contributed by atoms with Crippen LogP contribution < -0.4 is 5.32 Å². The maximum Gasteiger partial charge on any atom is 0.243 e. The molecule has 152 valence electrons. The van der Waals surface area contributed by atoms with Crippen molar-refractivity contribution in [1.82, 2.24) is 24.8 Å². The maximum atomic E-state index is 12.8. The number of fused-ring (bicyclic) bond motifs is 1. The molecule has 1 aliphatic rings. The van der Waals surface area contributed by atoms with Gasteiger partial charge < -0.3 is 19.8 Å². The van der Waals surface area contributed by atoms with E-state index in [1.165, 1.54) is 0 Å². The summed E-state index contributed by atoms with van der Waals surface area (Å²) in [7, 11) is 0. The molecule has 1 atom stereocenters. The number of carbonyl (C=O) groups is 2. The monoisotopic (exact) mass is 393 g/mol. The van der Waals surface area contributed by atoms with E-state index in [4.69, 9.17) is 0 Å². The third-order valence-corrected chi connectivity index (χ3v) is 5.54. The summed E-state index contributed by atoms with van der Waals surface area (Å²) < 4.78 is 1.97. The van der Waals surface area contributed by atoms with Gasteiger partial charge in [0.2, 0.25) is 11.8 Å². The van der Waals surface area contributed by atoms with Gasteiger partial charge in [0.05, 0.1) is 12.5 Å². The second kappa shape index (κ2) is 7.73. The number of rotatable bonds is 6. The van der Waals surface area contributed by atoms with E-state index in [2.05, 4.69) is 15.3 Å². The van der Waals surface area contributed by atoms with Crippen LogP contribution in [-0.4, -0.2) is 50.4 Å². The highest BCUT2D eigenvalue weighted by Gasteiger charge is 2.34. The first-order chi connectivity index (χ1) is 13.9. The number of nitrogens with one attached hydrogen (secondary N) is 2. The topological polar surface area (TPSA) is 83.0 Å². The number of pyridine rings is 1. The van der Waals surface area contributed by atoms with Crippen LogP contribution in [0.4, 0.5) is 0 Å². The highest BCUT2D eigenvalue weighted by atomic mass is 16.2. The van der Waals surface area contributed by atoms with E-state index in [-0.39, 0.29) is 29.8 Å². The molecule has 29 heavy (non-hydrogen) atoms. The molecule has 4 rings (SSSR count). The molecular formula is C22H27N5O2. The van der Waals surface area contributed by atoms with E-state index < -0.39 is 0 Å². The van der Waals surface area contributed by atoms with Gasteiger partial charge in [-0.3, -0.25) is 9.59 Å². The first-order valence-corrected chi connectivity index (χ1v) is 10.1. The average Bonchev–Trinajstić information content (AvgIpc) is 3.24. The van der Waals surface area contributed by atoms with Crippen molar-refractivity contribution in [3.8, 4) is 0 Å². The summed E-state index contributed by atoms with van der Waals surface area (Å²) >= 11 is 0. The second-order valence-corrected chi connectivity index (χ2v) is 8.22. The highest BCUT2D eigenvalue weighted by molar-refractivity contribution is 5.88. The summed E-state index contributed by atoms with van der Waals surface area (Å²) in [4.78, 5) is 34.6. The van der Waals surface area contributed by atoms with Crippen LogP contribution in [0, 0.1) is 12.8 Å². The Kier molecular flexibility index (Phi) is 5.13. The fraction of sp³-hybridized carbons (Fsp3) is 0.409. The van der Waals surface area contributed by atoms with Crippen LogP contribution in [0.3, 0.4) is 0 Å². The summed E-state index contributed by atoms with van der Waals surface area (Å²) in [6.45, 7) is 7.23. The number of aromatic nitrogens is 3. The fourth-order valence-electron chi connectivity index (χ4n) is 3.97. The summed E-state index contributed by atoms with van der Waals surface area (Å²) in [5.41, 5.74) is 2.88. The van der Waals surface area contributed by atoms with Crippen molar-refractivity contribution in [3.63, 3.8) is 0 Å².